The van der Waals surface area contributed by atoms with Crippen LogP contribution >= 0.6 is 11.6 Å². The van der Waals surface area contributed by atoms with Crippen molar-refractivity contribution >= 4 is 17.3 Å². The Balaban J connectivity index is 2.05. The van der Waals surface area contributed by atoms with Crippen LogP contribution in [-0.2, 0) is 6.42 Å². The third-order valence-electron chi connectivity index (χ3n) is 3.07. The molecular formula is C12H17ClN2. The van der Waals surface area contributed by atoms with Crippen LogP contribution in [0.5, 0.6) is 0 Å². The molecule has 1 aromatic rings. The predicted molar refractivity (Wildman–Crippen MR) is 65.2 cm³/mol. The van der Waals surface area contributed by atoms with Gasteiger partial charge in [-0.25, -0.2) is 0 Å². The van der Waals surface area contributed by atoms with E-state index >= 15 is 0 Å². The van der Waals surface area contributed by atoms with Gasteiger partial charge in [0.1, 0.15) is 0 Å². The van der Waals surface area contributed by atoms with Gasteiger partial charge in [-0.3, -0.25) is 0 Å². The molecule has 1 saturated heterocycles. The SMILES string of the molecule is Nc1ccc(Cl)cc1CC1CCNCC1. The fourth-order valence-corrected chi connectivity index (χ4v) is 2.34. The van der Waals surface area contributed by atoms with Crippen LogP contribution in [0.15, 0.2) is 18.2 Å². The Kier molecular flexibility index (Phi) is 3.49. The molecular weight excluding hydrogens is 208 g/mol. The van der Waals surface area contributed by atoms with E-state index in [9.17, 15) is 0 Å². The number of hydrogen-bond acceptors (Lipinski definition) is 2. The molecule has 3 heteroatoms. The van der Waals surface area contributed by atoms with Gasteiger partial charge in [0.25, 0.3) is 0 Å². The highest BCUT2D eigenvalue weighted by atomic mass is 35.5. The third-order valence-corrected chi connectivity index (χ3v) is 3.31. The van der Waals surface area contributed by atoms with Gasteiger partial charge in [0.2, 0.25) is 0 Å². The van der Waals surface area contributed by atoms with Gasteiger partial charge in [0.05, 0.1) is 0 Å². The highest BCUT2D eigenvalue weighted by Crippen LogP contribution is 2.24. The van der Waals surface area contributed by atoms with Crippen molar-refractivity contribution in [1.29, 1.82) is 0 Å². The van der Waals surface area contributed by atoms with E-state index in [1.807, 2.05) is 18.2 Å². The van der Waals surface area contributed by atoms with Crippen LogP contribution in [0.3, 0.4) is 0 Å². The van der Waals surface area contributed by atoms with Gasteiger partial charge in [-0.1, -0.05) is 11.6 Å². The monoisotopic (exact) mass is 224 g/mol. The first-order chi connectivity index (χ1) is 7.25. The molecule has 1 heterocycles. The van der Waals surface area contributed by atoms with Crippen molar-refractivity contribution in [3.8, 4) is 0 Å². The molecule has 0 aromatic heterocycles. The lowest BCUT2D eigenvalue weighted by Gasteiger charge is -2.23. The van der Waals surface area contributed by atoms with Gasteiger partial charge < -0.3 is 11.1 Å². The molecule has 0 radical (unpaired) electrons. The van der Waals surface area contributed by atoms with Crippen molar-refractivity contribution in [3.05, 3.63) is 28.8 Å². The van der Waals surface area contributed by atoms with Gasteiger partial charge in [-0.15, -0.1) is 0 Å². The summed E-state index contributed by atoms with van der Waals surface area (Å²) in [6.07, 6.45) is 3.55. The zero-order valence-corrected chi connectivity index (χ0v) is 9.56. The van der Waals surface area contributed by atoms with Crippen molar-refractivity contribution in [2.24, 2.45) is 5.92 Å². The number of benzene rings is 1. The van der Waals surface area contributed by atoms with Crippen molar-refractivity contribution in [1.82, 2.24) is 5.32 Å². The molecule has 0 unspecified atom stereocenters. The van der Waals surface area contributed by atoms with Gasteiger partial charge in [0, 0.05) is 10.7 Å². The fraction of sp³-hybridized carbons (Fsp3) is 0.500. The van der Waals surface area contributed by atoms with Gasteiger partial charge in [-0.05, 0) is 62.0 Å². The topological polar surface area (TPSA) is 38.0 Å². The lowest BCUT2D eigenvalue weighted by Crippen LogP contribution is -2.28. The molecule has 3 N–H and O–H groups in total. The van der Waals surface area contributed by atoms with Crippen molar-refractivity contribution in [2.75, 3.05) is 18.8 Å². The molecule has 0 amide bonds. The second-order valence-electron chi connectivity index (χ2n) is 4.24. The maximum Gasteiger partial charge on any atom is 0.0410 e. The minimum absolute atomic E-state index is 0.756. The highest BCUT2D eigenvalue weighted by molar-refractivity contribution is 6.30. The lowest BCUT2D eigenvalue weighted by atomic mass is 9.90. The summed E-state index contributed by atoms with van der Waals surface area (Å²) in [6, 6.07) is 5.75. The Morgan fingerprint density at radius 1 is 1.33 bits per heavy atom. The van der Waals surface area contributed by atoms with Crippen LogP contribution in [-0.4, -0.2) is 13.1 Å². The molecule has 1 fully saturated rings. The molecule has 82 valence electrons. The van der Waals surface area contributed by atoms with E-state index in [0.717, 1.165) is 36.1 Å². The predicted octanol–water partition coefficient (Wildman–Crippen LogP) is 2.46. The van der Waals surface area contributed by atoms with E-state index in [-0.39, 0.29) is 0 Å². The molecule has 2 nitrogen and oxygen atoms in total. The van der Waals surface area contributed by atoms with E-state index in [1.165, 1.54) is 18.4 Å². The van der Waals surface area contributed by atoms with E-state index in [4.69, 9.17) is 17.3 Å². The highest BCUT2D eigenvalue weighted by Gasteiger charge is 2.14. The van der Waals surface area contributed by atoms with E-state index in [1.54, 1.807) is 0 Å². The van der Waals surface area contributed by atoms with Gasteiger partial charge in [0.15, 0.2) is 0 Å². The largest absolute Gasteiger partial charge is 0.399 e. The molecule has 1 aliphatic rings. The fourth-order valence-electron chi connectivity index (χ4n) is 2.15. The molecule has 0 bridgehead atoms. The summed E-state index contributed by atoms with van der Waals surface area (Å²) >= 11 is 5.97. The second-order valence-corrected chi connectivity index (χ2v) is 4.68. The summed E-state index contributed by atoms with van der Waals surface area (Å²) in [5, 5.41) is 4.15. The van der Waals surface area contributed by atoms with E-state index in [2.05, 4.69) is 5.32 Å². The van der Waals surface area contributed by atoms with Crippen LogP contribution in [0.25, 0.3) is 0 Å². The second kappa shape index (κ2) is 4.86. The molecule has 1 aromatic carbocycles. The summed E-state index contributed by atoms with van der Waals surface area (Å²) < 4.78 is 0. The summed E-state index contributed by atoms with van der Waals surface area (Å²) in [5.41, 5.74) is 8.01. The molecule has 0 saturated carbocycles. The number of nitrogens with one attached hydrogen (secondary N) is 1. The minimum Gasteiger partial charge on any atom is -0.399 e. The number of rotatable bonds is 2. The van der Waals surface area contributed by atoms with Crippen LogP contribution in [0.2, 0.25) is 5.02 Å². The Hall–Kier alpha value is -0.730. The Labute approximate surface area is 95.8 Å². The average Bonchev–Trinajstić information content (AvgIpc) is 2.25. The van der Waals surface area contributed by atoms with Crippen molar-refractivity contribution in [2.45, 2.75) is 19.3 Å². The van der Waals surface area contributed by atoms with Gasteiger partial charge in [-0.2, -0.15) is 0 Å². The summed E-state index contributed by atoms with van der Waals surface area (Å²) in [6.45, 7) is 2.26. The van der Waals surface area contributed by atoms with Crippen molar-refractivity contribution < 1.29 is 0 Å². The zero-order chi connectivity index (χ0) is 10.7. The van der Waals surface area contributed by atoms with E-state index in [0.29, 0.717) is 0 Å². The minimum atomic E-state index is 0.756. The van der Waals surface area contributed by atoms with Crippen molar-refractivity contribution in [3.63, 3.8) is 0 Å². The molecule has 2 rings (SSSR count). The van der Waals surface area contributed by atoms with Crippen LogP contribution in [0.4, 0.5) is 5.69 Å². The number of nitrogens with two attached hydrogens (primary N) is 1. The maximum absolute atomic E-state index is 5.97. The number of piperidine rings is 1. The molecule has 0 aliphatic carbocycles. The van der Waals surface area contributed by atoms with Crippen LogP contribution in [0.1, 0.15) is 18.4 Å². The molecule has 1 aliphatic heterocycles. The summed E-state index contributed by atoms with van der Waals surface area (Å²) in [4.78, 5) is 0. The number of anilines is 1. The number of nitrogen functional groups attached to an aromatic ring is 1. The summed E-state index contributed by atoms with van der Waals surface area (Å²) in [7, 11) is 0. The summed E-state index contributed by atoms with van der Waals surface area (Å²) in [5.74, 6) is 0.756. The maximum atomic E-state index is 5.97. The standard InChI is InChI=1S/C12H17ClN2/c13-11-1-2-12(14)10(8-11)7-9-3-5-15-6-4-9/h1-2,8-9,15H,3-7,14H2. The first-order valence-corrected chi connectivity index (χ1v) is 5.88. The Morgan fingerprint density at radius 2 is 2.07 bits per heavy atom. The quantitative estimate of drug-likeness (QED) is 0.758. The first kappa shape index (κ1) is 10.8. The molecule has 0 atom stereocenters. The normalized spacial score (nSPS) is 17.9. The van der Waals surface area contributed by atoms with Crippen LogP contribution < -0.4 is 11.1 Å². The van der Waals surface area contributed by atoms with E-state index < -0.39 is 0 Å². The zero-order valence-electron chi connectivity index (χ0n) is 8.80. The van der Waals surface area contributed by atoms with Gasteiger partial charge >= 0.3 is 0 Å². The lowest BCUT2D eigenvalue weighted by molar-refractivity contribution is 0.373. The average molecular weight is 225 g/mol. The molecule has 15 heavy (non-hydrogen) atoms. The number of hydrogen-bond donors (Lipinski definition) is 2. The van der Waals surface area contributed by atoms with Crippen LogP contribution in [0, 0.1) is 5.92 Å². The Morgan fingerprint density at radius 3 is 2.80 bits per heavy atom. The smallest absolute Gasteiger partial charge is 0.0410 e. The third kappa shape index (κ3) is 2.86. The Bertz CT molecular complexity index is 332. The molecule has 0 spiro atoms. The number of halogens is 1. The first-order valence-electron chi connectivity index (χ1n) is 5.50.